The summed E-state index contributed by atoms with van der Waals surface area (Å²) in [6, 6.07) is 0. The van der Waals surface area contributed by atoms with Crippen molar-refractivity contribution in [2.75, 3.05) is 7.11 Å². The van der Waals surface area contributed by atoms with E-state index in [2.05, 4.69) is 16.9 Å². The Morgan fingerprint density at radius 2 is 2.17 bits per heavy atom. The van der Waals surface area contributed by atoms with Crippen molar-refractivity contribution in [1.82, 2.24) is 9.97 Å². The lowest BCUT2D eigenvalue weighted by molar-refractivity contribution is 0.188. The van der Waals surface area contributed by atoms with Gasteiger partial charge in [-0.3, -0.25) is 4.79 Å². The van der Waals surface area contributed by atoms with Crippen LogP contribution in [0.2, 0.25) is 0 Å². The van der Waals surface area contributed by atoms with E-state index in [1.165, 1.54) is 32.7 Å². The Labute approximate surface area is 108 Å². The highest BCUT2D eigenvalue weighted by Gasteiger charge is 2.13. The van der Waals surface area contributed by atoms with E-state index in [-0.39, 0.29) is 23.3 Å². The molecular formula is C13H22N2O3. The zero-order chi connectivity index (χ0) is 13.4. The molecule has 1 unspecified atom stereocenters. The number of hydrogen-bond acceptors (Lipinski definition) is 4. The lowest BCUT2D eigenvalue weighted by atomic mass is 10.1. The van der Waals surface area contributed by atoms with Gasteiger partial charge in [0.15, 0.2) is 0 Å². The molecule has 18 heavy (non-hydrogen) atoms. The highest BCUT2D eigenvalue weighted by atomic mass is 16.5. The monoisotopic (exact) mass is 254 g/mol. The summed E-state index contributed by atoms with van der Waals surface area (Å²) in [6.45, 7) is 4.17. The fourth-order valence-corrected chi connectivity index (χ4v) is 1.74. The van der Waals surface area contributed by atoms with Crippen LogP contribution in [0.5, 0.6) is 11.6 Å². The van der Waals surface area contributed by atoms with Crippen molar-refractivity contribution in [3.63, 3.8) is 0 Å². The summed E-state index contributed by atoms with van der Waals surface area (Å²) >= 11 is 0. The summed E-state index contributed by atoms with van der Waals surface area (Å²) in [5.41, 5.74) is -0.319. The van der Waals surface area contributed by atoms with Crippen molar-refractivity contribution < 1.29 is 9.47 Å². The number of aromatic nitrogens is 2. The van der Waals surface area contributed by atoms with Gasteiger partial charge in [0.2, 0.25) is 5.75 Å². The van der Waals surface area contributed by atoms with Crippen LogP contribution in [0.15, 0.2) is 11.1 Å². The van der Waals surface area contributed by atoms with Crippen molar-refractivity contribution in [3.05, 3.63) is 16.7 Å². The Morgan fingerprint density at radius 3 is 2.83 bits per heavy atom. The normalized spacial score (nSPS) is 12.2. The molecule has 0 spiro atoms. The Balaban J connectivity index is 2.51. The molecule has 1 atom stereocenters. The van der Waals surface area contributed by atoms with Gasteiger partial charge in [0, 0.05) is 0 Å². The van der Waals surface area contributed by atoms with Crippen LogP contribution in [0, 0.1) is 0 Å². The molecule has 5 nitrogen and oxygen atoms in total. The Morgan fingerprint density at radius 1 is 1.39 bits per heavy atom. The average molecular weight is 254 g/mol. The average Bonchev–Trinajstić information content (AvgIpc) is 2.35. The highest BCUT2D eigenvalue weighted by molar-refractivity contribution is 5.29. The van der Waals surface area contributed by atoms with Crippen LogP contribution in [-0.2, 0) is 0 Å². The fraction of sp³-hybridized carbons (Fsp3) is 0.692. The molecule has 0 saturated carbocycles. The van der Waals surface area contributed by atoms with Gasteiger partial charge in [-0.1, -0.05) is 26.2 Å². The van der Waals surface area contributed by atoms with E-state index in [1.807, 2.05) is 6.92 Å². The number of hydrogen-bond donors (Lipinski definition) is 1. The van der Waals surface area contributed by atoms with Gasteiger partial charge in [-0.15, -0.1) is 0 Å². The smallest absolute Gasteiger partial charge is 0.297 e. The molecule has 0 bridgehead atoms. The van der Waals surface area contributed by atoms with E-state index in [0.29, 0.717) is 0 Å². The minimum absolute atomic E-state index is 0.0325. The van der Waals surface area contributed by atoms with Gasteiger partial charge in [0.1, 0.15) is 0 Å². The van der Waals surface area contributed by atoms with Crippen LogP contribution in [0.3, 0.4) is 0 Å². The van der Waals surface area contributed by atoms with Gasteiger partial charge in [-0.05, 0) is 19.8 Å². The zero-order valence-electron chi connectivity index (χ0n) is 11.4. The molecule has 1 heterocycles. The quantitative estimate of drug-likeness (QED) is 0.724. The first-order valence-corrected chi connectivity index (χ1v) is 6.47. The van der Waals surface area contributed by atoms with Gasteiger partial charge < -0.3 is 14.5 Å². The molecule has 0 saturated heterocycles. The predicted octanol–water partition coefficient (Wildman–Crippen LogP) is 2.52. The molecule has 0 aliphatic heterocycles. The molecule has 0 amide bonds. The molecule has 1 N–H and O–H groups in total. The number of methoxy groups -OCH3 is 1. The molecule has 0 aliphatic rings. The molecule has 0 radical (unpaired) electrons. The maximum atomic E-state index is 11.5. The van der Waals surface area contributed by atoms with Gasteiger partial charge in [0.25, 0.3) is 11.4 Å². The summed E-state index contributed by atoms with van der Waals surface area (Å²) in [4.78, 5) is 17.9. The third-order valence-electron chi connectivity index (χ3n) is 2.76. The van der Waals surface area contributed by atoms with Crippen LogP contribution in [0.4, 0.5) is 0 Å². The number of nitrogens with one attached hydrogen (secondary N) is 1. The Bertz CT molecular complexity index is 403. The largest absolute Gasteiger partial charge is 0.487 e. The number of ether oxygens (including phenoxy) is 2. The molecule has 102 valence electrons. The van der Waals surface area contributed by atoms with E-state index < -0.39 is 0 Å². The lowest BCUT2D eigenvalue weighted by Crippen LogP contribution is -2.17. The van der Waals surface area contributed by atoms with Gasteiger partial charge >= 0.3 is 0 Å². The number of nitrogens with zero attached hydrogens (tertiary/aromatic N) is 1. The van der Waals surface area contributed by atoms with Crippen LogP contribution < -0.4 is 15.0 Å². The molecule has 1 aromatic heterocycles. The molecule has 0 fully saturated rings. The number of H-pyrrole nitrogens is 1. The van der Waals surface area contributed by atoms with Crippen LogP contribution in [0.25, 0.3) is 0 Å². The Hall–Kier alpha value is -1.52. The van der Waals surface area contributed by atoms with Gasteiger partial charge in [0.05, 0.1) is 19.5 Å². The van der Waals surface area contributed by atoms with E-state index in [4.69, 9.17) is 9.47 Å². The second-order valence-corrected chi connectivity index (χ2v) is 4.35. The van der Waals surface area contributed by atoms with Crippen molar-refractivity contribution in [1.29, 1.82) is 0 Å². The summed E-state index contributed by atoms with van der Waals surface area (Å²) in [6.07, 6.45) is 7.12. The SMILES string of the molecule is CCCCCCC(C)Oc1nc[nH]c(=O)c1OC. The molecule has 5 heteroatoms. The summed E-state index contributed by atoms with van der Waals surface area (Å²) in [5, 5.41) is 0. The van der Waals surface area contributed by atoms with Crippen molar-refractivity contribution in [2.24, 2.45) is 0 Å². The third kappa shape index (κ3) is 4.39. The molecule has 1 rings (SSSR count). The first-order valence-electron chi connectivity index (χ1n) is 6.47. The number of aromatic amines is 1. The van der Waals surface area contributed by atoms with Crippen molar-refractivity contribution >= 4 is 0 Å². The fourth-order valence-electron chi connectivity index (χ4n) is 1.74. The summed E-state index contributed by atoms with van der Waals surface area (Å²) < 4.78 is 10.6. The summed E-state index contributed by atoms with van der Waals surface area (Å²) in [5.74, 6) is 0.405. The Kier molecular flexibility index (Phi) is 6.25. The highest BCUT2D eigenvalue weighted by Crippen LogP contribution is 2.20. The molecule has 0 aromatic carbocycles. The zero-order valence-corrected chi connectivity index (χ0v) is 11.4. The van der Waals surface area contributed by atoms with Crippen molar-refractivity contribution in [3.8, 4) is 11.6 Å². The van der Waals surface area contributed by atoms with E-state index >= 15 is 0 Å². The summed E-state index contributed by atoms with van der Waals surface area (Å²) in [7, 11) is 1.44. The van der Waals surface area contributed by atoms with E-state index in [0.717, 1.165) is 12.8 Å². The van der Waals surface area contributed by atoms with Crippen LogP contribution in [-0.4, -0.2) is 23.2 Å². The third-order valence-corrected chi connectivity index (χ3v) is 2.76. The molecule has 1 aromatic rings. The van der Waals surface area contributed by atoms with Crippen LogP contribution in [0.1, 0.15) is 46.0 Å². The predicted molar refractivity (Wildman–Crippen MR) is 70.3 cm³/mol. The van der Waals surface area contributed by atoms with Crippen LogP contribution >= 0.6 is 0 Å². The van der Waals surface area contributed by atoms with E-state index in [9.17, 15) is 4.79 Å². The minimum atomic E-state index is -0.319. The molecular weight excluding hydrogens is 232 g/mol. The number of rotatable bonds is 8. The standard InChI is InChI=1S/C13H22N2O3/c1-4-5-6-7-8-10(2)18-13-11(17-3)12(16)14-9-15-13/h9-10H,4-8H2,1-3H3,(H,14,15,16). The number of unbranched alkanes of at least 4 members (excludes halogenated alkanes) is 3. The maximum Gasteiger partial charge on any atom is 0.297 e. The first kappa shape index (κ1) is 14.5. The second-order valence-electron chi connectivity index (χ2n) is 4.35. The second kappa shape index (κ2) is 7.74. The topological polar surface area (TPSA) is 64.2 Å². The van der Waals surface area contributed by atoms with E-state index in [1.54, 1.807) is 0 Å². The first-order chi connectivity index (χ1) is 8.69. The van der Waals surface area contributed by atoms with Gasteiger partial charge in [-0.2, -0.15) is 0 Å². The minimum Gasteiger partial charge on any atom is -0.487 e. The van der Waals surface area contributed by atoms with Gasteiger partial charge in [-0.25, -0.2) is 4.98 Å². The lowest BCUT2D eigenvalue weighted by Gasteiger charge is -2.14. The molecule has 0 aliphatic carbocycles. The maximum absolute atomic E-state index is 11.5. The van der Waals surface area contributed by atoms with Crippen molar-refractivity contribution in [2.45, 2.75) is 52.1 Å².